The maximum Gasteiger partial charge on any atom is 0.322 e. The quantitative estimate of drug-likeness (QED) is 0.877. The van der Waals surface area contributed by atoms with Gasteiger partial charge in [0.1, 0.15) is 0 Å². The van der Waals surface area contributed by atoms with E-state index in [4.69, 9.17) is 0 Å². The minimum atomic E-state index is -0.291. The maximum absolute atomic E-state index is 12.3. The van der Waals surface area contributed by atoms with Crippen LogP contribution in [0.2, 0.25) is 0 Å². The molecule has 2 N–H and O–H groups in total. The summed E-state index contributed by atoms with van der Waals surface area (Å²) in [7, 11) is 1.75. The first-order valence-corrected chi connectivity index (χ1v) is 8.85. The van der Waals surface area contributed by atoms with Crippen LogP contribution in [0.4, 0.5) is 10.6 Å². The highest BCUT2D eigenvalue weighted by molar-refractivity contribution is 5.88. The number of aromatic nitrogens is 2. The molecular formula is C19H26N4O2. The first kappa shape index (κ1) is 17.5. The maximum atomic E-state index is 12.3. The van der Waals surface area contributed by atoms with E-state index in [9.17, 15) is 9.90 Å². The van der Waals surface area contributed by atoms with Crippen LogP contribution in [0.25, 0.3) is 0 Å². The molecular weight excluding hydrogens is 316 g/mol. The Hall–Kier alpha value is -2.34. The Morgan fingerprint density at radius 1 is 1.36 bits per heavy atom. The fraction of sp³-hybridized carbons (Fsp3) is 0.474. The second-order valence-corrected chi connectivity index (χ2v) is 6.84. The monoisotopic (exact) mass is 342 g/mol. The van der Waals surface area contributed by atoms with Crippen molar-refractivity contribution >= 4 is 11.8 Å². The average Bonchev–Trinajstić information content (AvgIpc) is 3.24. The lowest BCUT2D eigenvalue weighted by molar-refractivity contribution is 0.116. The molecule has 0 aliphatic heterocycles. The van der Waals surface area contributed by atoms with Crippen molar-refractivity contribution in [2.24, 2.45) is 5.92 Å². The molecule has 3 atom stereocenters. The highest BCUT2D eigenvalue weighted by Crippen LogP contribution is 2.26. The molecule has 1 aliphatic rings. The molecule has 134 valence electrons. The summed E-state index contributed by atoms with van der Waals surface area (Å²) in [6.07, 6.45) is 4.42. The van der Waals surface area contributed by atoms with Crippen molar-refractivity contribution in [1.82, 2.24) is 14.7 Å². The van der Waals surface area contributed by atoms with Crippen molar-refractivity contribution in [2.45, 2.75) is 38.3 Å². The molecule has 0 bridgehead atoms. The van der Waals surface area contributed by atoms with Gasteiger partial charge in [-0.1, -0.05) is 36.8 Å². The number of anilines is 1. The summed E-state index contributed by atoms with van der Waals surface area (Å²) in [6.45, 7) is 2.63. The minimum absolute atomic E-state index is 0.0956. The Morgan fingerprint density at radius 2 is 2.12 bits per heavy atom. The SMILES string of the molecule is C[C@H](c1ccccc1)n1ccc(NC(=O)N(C)C[C@H]2CCC[C@H]2O)n1. The Balaban J connectivity index is 1.58. The molecule has 0 saturated heterocycles. The predicted molar refractivity (Wildman–Crippen MR) is 97.5 cm³/mol. The zero-order valence-corrected chi connectivity index (χ0v) is 14.8. The molecule has 1 aliphatic carbocycles. The second-order valence-electron chi connectivity index (χ2n) is 6.84. The van der Waals surface area contributed by atoms with Gasteiger partial charge >= 0.3 is 6.03 Å². The minimum Gasteiger partial charge on any atom is -0.393 e. The predicted octanol–water partition coefficient (Wildman–Crippen LogP) is 3.12. The molecule has 1 aromatic heterocycles. The van der Waals surface area contributed by atoms with Gasteiger partial charge in [-0.25, -0.2) is 4.79 Å². The van der Waals surface area contributed by atoms with Crippen molar-refractivity contribution in [3.05, 3.63) is 48.2 Å². The van der Waals surface area contributed by atoms with Crippen LogP contribution in [0.1, 0.15) is 37.8 Å². The van der Waals surface area contributed by atoms with Gasteiger partial charge in [-0.2, -0.15) is 5.10 Å². The summed E-state index contributed by atoms with van der Waals surface area (Å²) in [6, 6.07) is 11.8. The number of amides is 2. The lowest BCUT2D eigenvalue weighted by Crippen LogP contribution is -2.37. The van der Waals surface area contributed by atoms with Crippen molar-refractivity contribution in [3.63, 3.8) is 0 Å². The molecule has 1 heterocycles. The second kappa shape index (κ2) is 7.70. The summed E-state index contributed by atoms with van der Waals surface area (Å²) >= 11 is 0. The van der Waals surface area contributed by atoms with Gasteiger partial charge in [0.05, 0.1) is 12.1 Å². The van der Waals surface area contributed by atoms with Crippen molar-refractivity contribution < 1.29 is 9.90 Å². The van der Waals surface area contributed by atoms with Gasteiger partial charge < -0.3 is 10.0 Å². The lowest BCUT2D eigenvalue weighted by Gasteiger charge is -2.23. The summed E-state index contributed by atoms with van der Waals surface area (Å²) in [4.78, 5) is 14.0. The number of aliphatic hydroxyl groups is 1. The van der Waals surface area contributed by atoms with Gasteiger partial charge in [-0.3, -0.25) is 10.00 Å². The van der Waals surface area contributed by atoms with E-state index in [1.807, 2.05) is 29.1 Å². The molecule has 0 spiro atoms. The van der Waals surface area contributed by atoms with Gasteiger partial charge in [0.25, 0.3) is 0 Å². The fourth-order valence-corrected chi connectivity index (χ4v) is 3.37. The van der Waals surface area contributed by atoms with Crippen molar-refractivity contribution in [2.75, 3.05) is 18.9 Å². The Morgan fingerprint density at radius 3 is 2.80 bits per heavy atom. The molecule has 1 aromatic carbocycles. The highest BCUT2D eigenvalue weighted by atomic mass is 16.3. The number of nitrogens with one attached hydrogen (secondary N) is 1. The molecule has 0 radical (unpaired) electrons. The first-order valence-electron chi connectivity index (χ1n) is 8.85. The van der Waals surface area contributed by atoms with Crippen molar-refractivity contribution in [3.8, 4) is 0 Å². The van der Waals surface area contributed by atoms with Crippen LogP contribution in [-0.2, 0) is 0 Å². The van der Waals surface area contributed by atoms with E-state index >= 15 is 0 Å². The van der Waals surface area contributed by atoms with Gasteiger partial charge in [0, 0.05) is 31.8 Å². The fourth-order valence-electron chi connectivity index (χ4n) is 3.37. The van der Waals surface area contributed by atoms with Gasteiger partial charge in [0.2, 0.25) is 0 Å². The van der Waals surface area contributed by atoms with Crippen LogP contribution in [0.15, 0.2) is 42.6 Å². The number of aliphatic hydroxyl groups excluding tert-OH is 1. The molecule has 2 aromatic rings. The van der Waals surface area contributed by atoms with E-state index < -0.39 is 0 Å². The highest BCUT2D eigenvalue weighted by Gasteiger charge is 2.27. The van der Waals surface area contributed by atoms with E-state index in [0.717, 1.165) is 24.8 Å². The molecule has 6 heteroatoms. The van der Waals surface area contributed by atoms with Crippen LogP contribution in [0, 0.1) is 5.92 Å². The zero-order chi connectivity index (χ0) is 17.8. The number of carbonyl (C=O) groups excluding carboxylic acids is 1. The number of hydrogen-bond donors (Lipinski definition) is 2. The molecule has 6 nitrogen and oxygen atoms in total. The zero-order valence-electron chi connectivity index (χ0n) is 14.8. The van der Waals surface area contributed by atoms with Gasteiger partial charge in [-0.15, -0.1) is 0 Å². The third kappa shape index (κ3) is 4.20. The average molecular weight is 342 g/mol. The molecule has 1 fully saturated rings. The van der Waals surface area contributed by atoms with Crippen LogP contribution >= 0.6 is 0 Å². The normalized spacial score (nSPS) is 21.1. The molecule has 3 rings (SSSR count). The lowest BCUT2D eigenvalue weighted by atomic mass is 10.1. The molecule has 0 unspecified atom stereocenters. The summed E-state index contributed by atoms with van der Waals surface area (Å²) in [5, 5.41) is 17.2. The third-order valence-electron chi connectivity index (χ3n) is 5.00. The van der Waals surface area contributed by atoms with E-state index in [1.165, 1.54) is 0 Å². The summed E-state index contributed by atoms with van der Waals surface area (Å²) in [5.74, 6) is 0.706. The number of nitrogens with zero attached hydrogens (tertiary/aromatic N) is 3. The first-order chi connectivity index (χ1) is 12.0. The third-order valence-corrected chi connectivity index (χ3v) is 5.00. The number of hydrogen-bond acceptors (Lipinski definition) is 3. The van der Waals surface area contributed by atoms with E-state index in [2.05, 4.69) is 29.5 Å². The molecule has 25 heavy (non-hydrogen) atoms. The van der Waals surface area contributed by atoms with Gasteiger partial charge in [0.15, 0.2) is 5.82 Å². The van der Waals surface area contributed by atoms with E-state index in [1.54, 1.807) is 18.0 Å². The van der Waals surface area contributed by atoms with Crippen molar-refractivity contribution in [1.29, 1.82) is 0 Å². The Labute approximate surface area is 148 Å². The number of rotatable bonds is 5. The number of urea groups is 1. The molecule has 1 saturated carbocycles. The van der Waals surface area contributed by atoms with Gasteiger partial charge in [-0.05, 0) is 25.3 Å². The number of carbonyl (C=O) groups is 1. The number of benzene rings is 1. The largest absolute Gasteiger partial charge is 0.393 e. The Bertz CT molecular complexity index is 700. The Kier molecular flexibility index (Phi) is 5.38. The smallest absolute Gasteiger partial charge is 0.322 e. The molecule has 2 amide bonds. The van der Waals surface area contributed by atoms with Crippen LogP contribution in [0.3, 0.4) is 0 Å². The van der Waals surface area contributed by atoms with Crippen LogP contribution < -0.4 is 5.32 Å². The summed E-state index contributed by atoms with van der Waals surface area (Å²) < 4.78 is 1.84. The standard InChI is InChI=1S/C19H26N4O2/c1-14(15-7-4-3-5-8-15)23-12-11-18(21-23)20-19(25)22(2)13-16-9-6-10-17(16)24/h3-5,7-8,11-12,14,16-17,24H,6,9-10,13H2,1-2H3,(H,20,21,25)/t14-,16-,17-/m1/s1. The van der Waals surface area contributed by atoms with Crippen LogP contribution in [-0.4, -0.2) is 45.5 Å². The summed E-state index contributed by atoms with van der Waals surface area (Å²) in [5.41, 5.74) is 1.16. The van der Waals surface area contributed by atoms with Crippen LogP contribution in [0.5, 0.6) is 0 Å². The topological polar surface area (TPSA) is 70.4 Å². The van der Waals surface area contributed by atoms with E-state index in [0.29, 0.717) is 12.4 Å². The van der Waals surface area contributed by atoms with E-state index in [-0.39, 0.29) is 24.1 Å².